The number of nitrogens with zero attached hydrogens (tertiary/aromatic N) is 2. The van der Waals surface area contributed by atoms with Gasteiger partial charge in [0.15, 0.2) is 0 Å². The molecule has 2 atom stereocenters. The van der Waals surface area contributed by atoms with Crippen LogP contribution >= 0.6 is 0 Å². The van der Waals surface area contributed by atoms with Gasteiger partial charge in [-0.2, -0.15) is 0 Å². The fraction of sp³-hybridized carbons (Fsp3) is 0.923. The molecule has 1 saturated heterocycles. The predicted octanol–water partition coefficient (Wildman–Crippen LogP) is -0.00470. The normalized spacial score (nSPS) is 23.6. The second-order valence-corrected chi connectivity index (χ2v) is 5.71. The van der Waals surface area contributed by atoms with Crippen molar-refractivity contribution in [2.75, 3.05) is 32.7 Å². The van der Waals surface area contributed by atoms with Gasteiger partial charge in [0.1, 0.15) is 0 Å². The Bertz CT molecular complexity index is 272. The topological polar surface area (TPSA) is 75.6 Å². The van der Waals surface area contributed by atoms with Crippen LogP contribution < -0.4 is 11.5 Å². The summed E-state index contributed by atoms with van der Waals surface area (Å²) in [6.07, 6.45) is 1.83. The lowest BCUT2D eigenvalue weighted by molar-refractivity contribution is -0.123. The Morgan fingerprint density at radius 1 is 1.33 bits per heavy atom. The van der Waals surface area contributed by atoms with E-state index in [0.29, 0.717) is 12.5 Å². The molecular weight excluding hydrogens is 228 g/mol. The summed E-state index contributed by atoms with van der Waals surface area (Å²) in [4.78, 5) is 16.1. The highest BCUT2D eigenvalue weighted by atomic mass is 16.1. The van der Waals surface area contributed by atoms with Crippen LogP contribution in [0.4, 0.5) is 0 Å². The average molecular weight is 256 g/mol. The first kappa shape index (κ1) is 15.4. The molecule has 1 aliphatic heterocycles. The number of rotatable bonds is 6. The number of carbonyl (C=O) groups is 1. The highest BCUT2D eigenvalue weighted by molar-refractivity contribution is 5.83. The summed E-state index contributed by atoms with van der Waals surface area (Å²) >= 11 is 0. The number of hydrogen-bond acceptors (Lipinski definition) is 4. The van der Waals surface area contributed by atoms with Crippen molar-refractivity contribution < 1.29 is 4.79 Å². The highest BCUT2D eigenvalue weighted by Crippen LogP contribution is 2.15. The van der Waals surface area contributed by atoms with Crippen molar-refractivity contribution >= 4 is 5.91 Å². The van der Waals surface area contributed by atoms with Crippen LogP contribution in [0.25, 0.3) is 0 Å². The van der Waals surface area contributed by atoms with Gasteiger partial charge < -0.3 is 16.4 Å². The molecule has 0 aromatic heterocycles. The molecular formula is C13H28N4O. The van der Waals surface area contributed by atoms with Gasteiger partial charge in [0.2, 0.25) is 5.91 Å². The van der Waals surface area contributed by atoms with Gasteiger partial charge in [-0.1, -0.05) is 6.92 Å². The van der Waals surface area contributed by atoms with Gasteiger partial charge in [-0.3, -0.25) is 9.69 Å². The van der Waals surface area contributed by atoms with E-state index in [1.165, 1.54) is 13.0 Å². The van der Waals surface area contributed by atoms with Gasteiger partial charge in [0.25, 0.3) is 0 Å². The summed E-state index contributed by atoms with van der Waals surface area (Å²) in [5.41, 5.74) is 10.3. The predicted molar refractivity (Wildman–Crippen MR) is 74.2 cm³/mol. The van der Waals surface area contributed by atoms with E-state index in [0.717, 1.165) is 26.2 Å². The average Bonchev–Trinajstić information content (AvgIpc) is 2.29. The summed E-state index contributed by atoms with van der Waals surface area (Å²) in [7, 11) is 0. The Labute approximate surface area is 110 Å². The van der Waals surface area contributed by atoms with Crippen LogP contribution in [0.3, 0.4) is 0 Å². The van der Waals surface area contributed by atoms with Gasteiger partial charge in [-0.15, -0.1) is 0 Å². The summed E-state index contributed by atoms with van der Waals surface area (Å²) in [5, 5.41) is 0. The van der Waals surface area contributed by atoms with Crippen LogP contribution in [0, 0.1) is 0 Å². The number of amides is 1. The van der Waals surface area contributed by atoms with Crippen molar-refractivity contribution in [1.29, 1.82) is 0 Å². The minimum Gasteiger partial charge on any atom is -0.368 e. The van der Waals surface area contributed by atoms with Gasteiger partial charge in [-0.25, -0.2) is 0 Å². The van der Waals surface area contributed by atoms with E-state index in [2.05, 4.69) is 23.6 Å². The summed E-state index contributed by atoms with van der Waals surface area (Å²) in [6, 6.07) is 0.302. The van der Waals surface area contributed by atoms with Gasteiger partial charge in [0.05, 0.1) is 5.54 Å². The zero-order chi connectivity index (χ0) is 13.8. The molecule has 0 bridgehead atoms. The molecule has 0 aromatic rings. The zero-order valence-corrected chi connectivity index (χ0v) is 12.0. The minimum absolute atomic E-state index is 0.302. The molecule has 2 unspecified atom stereocenters. The van der Waals surface area contributed by atoms with Crippen LogP contribution in [0.1, 0.15) is 33.6 Å². The molecule has 18 heavy (non-hydrogen) atoms. The molecule has 5 nitrogen and oxygen atoms in total. The standard InChI is InChI=1S/C13H28N4O/c1-4-5-16-6-8-17(9-7-16)11(2)10-13(3,15)12(14)18/h11H,4-10,15H2,1-3H3,(H2,14,18). The van der Waals surface area contributed by atoms with E-state index in [9.17, 15) is 4.79 Å². The Balaban J connectivity index is 2.40. The van der Waals surface area contributed by atoms with Crippen molar-refractivity contribution in [2.24, 2.45) is 11.5 Å². The summed E-state index contributed by atoms with van der Waals surface area (Å²) in [5.74, 6) is -0.418. The molecule has 5 heteroatoms. The monoisotopic (exact) mass is 256 g/mol. The van der Waals surface area contributed by atoms with Crippen LogP contribution in [-0.4, -0.2) is 60.0 Å². The maximum absolute atomic E-state index is 11.2. The van der Waals surface area contributed by atoms with Crippen LogP contribution in [0.5, 0.6) is 0 Å². The number of primary amides is 1. The molecule has 0 spiro atoms. The maximum atomic E-state index is 11.2. The molecule has 0 aromatic carbocycles. The molecule has 0 radical (unpaired) electrons. The fourth-order valence-corrected chi connectivity index (χ4v) is 2.59. The van der Waals surface area contributed by atoms with E-state index in [-0.39, 0.29) is 0 Å². The highest BCUT2D eigenvalue weighted by Gasteiger charge is 2.31. The first-order valence-corrected chi connectivity index (χ1v) is 6.92. The Morgan fingerprint density at radius 2 is 1.89 bits per heavy atom. The molecule has 1 fully saturated rings. The Kier molecular flexibility index (Phi) is 5.56. The van der Waals surface area contributed by atoms with Crippen LogP contribution in [0.2, 0.25) is 0 Å². The molecule has 1 rings (SSSR count). The molecule has 1 amide bonds. The molecule has 4 N–H and O–H groups in total. The van der Waals surface area contributed by atoms with Gasteiger partial charge in [-0.05, 0) is 33.2 Å². The number of hydrogen-bond donors (Lipinski definition) is 2. The minimum atomic E-state index is -0.903. The quantitative estimate of drug-likeness (QED) is 0.701. The van der Waals surface area contributed by atoms with Crippen molar-refractivity contribution in [3.8, 4) is 0 Å². The summed E-state index contributed by atoms with van der Waals surface area (Å²) < 4.78 is 0. The molecule has 0 saturated carbocycles. The van der Waals surface area contributed by atoms with E-state index < -0.39 is 11.4 Å². The van der Waals surface area contributed by atoms with Crippen molar-refractivity contribution in [3.05, 3.63) is 0 Å². The summed E-state index contributed by atoms with van der Waals surface area (Å²) in [6.45, 7) is 11.6. The largest absolute Gasteiger partial charge is 0.368 e. The lowest BCUT2D eigenvalue weighted by Crippen LogP contribution is -2.56. The van der Waals surface area contributed by atoms with Crippen LogP contribution in [0.15, 0.2) is 0 Å². The van der Waals surface area contributed by atoms with E-state index >= 15 is 0 Å². The zero-order valence-electron chi connectivity index (χ0n) is 12.0. The first-order valence-electron chi connectivity index (χ1n) is 6.92. The van der Waals surface area contributed by atoms with Gasteiger partial charge in [0, 0.05) is 32.2 Å². The number of nitrogens with two attached hydrogens (primary N) is 2. The second-order valence-electron chi connectivity index (χ2n) is 5.71. The number of piperazine rings is 1. The van der Waals surface area contributed by atoms with Crippen molar-refractivity contribution in [3.63, 3.8) is 0 Å². The molecule has 106 valence electrons. The van der Waals surface area contributed by atoms with Crippen LogP contribution in [-0.2, 0) is 4.79 Å². The third kappa shape index (κ3) is 4.23. The third-order valence-electron chi connectivity index (χ3n) is 3.85. The SMILES string of the molecule is CCCN1CCN(C(C)CC(C)(N)C(N)=O)CC1. The Hall–Kier alpha value is -0.650. The van der Waals surface area contributed by atoms with E-state index in [1.54, 1.807) is 6.92 Å². The number of carbonyl (C=O) groups excluding carboxylic acids is 1. The second kappa shape index (κ2) is 6.50. The van der Waals surface area contributed by atoms with Gasteiger partial charge >= 0.3 is 0 Å². The van der Waals surface area contributed by atoms with E-state index in [1.807, 2.05) is 0 Å². The smallest absolute Gasteiger partial charge is 0.237 e. The maximum Gasteiger partial charge on any atom is 0.237 e. The molecule has 0 aliphatic carbocycles. The molecule has 1 heterocycles. The lowest BCUT2D eigenvalue weighted by Gasteiger charge is -2.39. The fourth-order valence-electron chi connectivity index (χ4n) is 2.59. The first-order chi connectivity index (χ1) is 8.36. The van der Waals surface area contributed by atoms with Crippen molar-refractivity contribution in [1.82, 2.24) is 9.80 Å². The molecule has 1 aliphatic rings. The lowest BCUT2D eigenvalue weighted by atomic mass is 9.93. The van der Waals surface area contributed by atoms with Crippen molar-refractivity contribution in [2.45, 2.75) is 45.2 Å². The third-order valence-corrected chi connectivity index (χ3v) is 3.85. The van der Waals surface area contributed by atoms with E-state index in [4.69, 9.17) is 11.5 Å². The Morgan fingerprint density at radius 3 is 2.33 bits per heavy atom.